The number of rotatable bonds is 13. The molecule has 0 spiro atoms. The molecule has 0 heterocycles. The van der Waals surface area contributed by atoms with Crippen LogP contribution in [0.15, 0.2) is 0 Å². The number of carbonyl (C=O) groups is 2. The summed E-state index contributed by atoms with van der Waals surface area (Å²) >= 11 is 0. The van der Waals surface area contributed by atoms with E-state index in [0.717, 1.165) is 12.8 Å². The molecule has 0 aromatic heterocycles. The third kappa shape index (κ3) is 17.1. The van der Waals surface area contributed by atoms with Crippen molar-refractivity contribution in [1.29, 1.82) is 0 Å². The lowest BCUT2D eigenvalue weighted by molar-refractivity contribution is -0.142. The molecule has 0 bridgehead atoms. The zero-order chi connectivity index (χ0) is 18.3. The van der Waals surface area contributed by atoms with Crippen LogP contribution in [0.2, 0.25) is 0 Å². The fraction of sp³-hybridized carbons (Fsp3) is 0.895. The molecule has 0 unspecified atom stereocenters. The maximum atomic E-state index is 11.5. The van der Waals surface area contributed by atoms with E-state index in [9.17, 15) is 9.59 Å². The van der Waals surface area contributed by atoms with Crippen molar-refractivity contribution in [2.75, 3.05) is 13.2 Å². The predicted octanol–water partition coefficient (Wildman–Crippen LogP) is 4.98. The average molecular weight is 344 g/mol. The van der Waals surface area contributed by atoms with E-state index in [0.29, 0.717) is 6.61 Å². The molecule has 0 aromatic rings. The first-order valence-electron chi connectivity index (χ1n) is 9.47. The second kappa shape index (κ2) is 14.1. The Labute approximate surface area is 147 Å². The van der Waals surface area contributed by atoms with Gasteiger partial charge in [0, 0.05) is 0 Å². The van der Waals surface area contributed by atoms with Crippen molar-refractivity contribution in [2.45, 2.75) is 97.5 Å². The van der Waals surface area contributed by atoms with Crippen molar-refractivity contribution < 1.29 is 19.1 Å². The smallest absolute Gasteiger partial charge is 0.408 e. The number of esters is 1. The van der Waals surface area contributed by atoms with Gasteiger partial charge in [0.15, 0.2) is 0 Å². The van der Waals surface area contributed by atoms with Gasteiger partial charge in [0.2, 0.25) is 0 Å². The number of alkyl carbamates (subject to hydrolysis) is 1. The molecule has 0 fully saturated rings. The van der Waals surface area contributed by atoms with E-state index in [4.69, 9.17) is 9.47 Å². The van der Waals surface area contributed by atoms with Crippen LogP contribution in [0.1, 0.15) is 91.9 Å². The van der Waals surface area contributed by atoms with Gasteiger partial charge < -0.3 is 14.8 Å². The van der Waals surface area contributed by atoms with E-state index in [1.54, 1.807) is 20.8 Å². The largest absolute Gasteiger partial charge is 0.464 e. The molecule has 0 atom stereocenters. The highest BCUT2D eigenvalue weighted by molar-refractivity contribution is 5.77. The Hall–Kier alpha value is -1.26. The van der Waals surface area contributed by atoms with Gasteiger partial charge >= 0.3 is 12.1 Å². The van der Waals surface area contributed by atoms with Gasteiger partial charge in [0.25, 0.3) is 0 Å². The molecule has 5 nitrogen and oxygen atoms in total. The van der Waals surface area contributed by atoms with Crippen molar-refractivity contribution in [2.24, 2.45) is 0 Å². The van der Waals surface area contributed by atoms with E-state index in [1.165, 1.54) is 51.4 Å². The van der Waals surface area contributed by atoms with Crippen LogP contribution in [0.25, 0.3) is 0 Å². The summed E-state index contributed by atoms with van der Waals surface area (Å²) in [7, 11) is 0. The molecule has 0 rings (SSSR count). The SMILES string of the molecule is CCCCCCCCCCCCOC(=O)CNC(=O)OC(C)(C)C. The van der Waals surface area contributed by atoms with Gasteiger partial charge in [-0.05, 0) is 27.2 Å². The van der Waals surface area contributed by atoms with Crippen molar-refractivity contribution in [3.63, 3.8) is 0 Å². The van der Waals surface area contributed by atoms with Gasteiger partial charge in [0.1, 0.15) is 12.1 Å². The molecule has 1 N–H and O–H groups in total. The average Bonchev–Trinajstić information content (AvgIpc) is 2.49. The Morgan fingerprint density at radius 3 is 1.83 bits per heavy atom. The summed E-state index contributed by atoms with van der Waals surface area (Å²) in [6, 6.07) is 0. The number of hydrogen-bond acceptors (Lipinski definition) is 4. The number of carbonyl (C=O) groups excluding carboxylic acids is 2. The lowest BCUT2D eigenvalue weighted by Gasteiger charge is -2.19. The lowest BCUT2D eigenvalue weighted by atomic mass is 10.1. The highest BCUT2D eigenvalue weighted by Gasteiger charge is 2.16. The van der Waals surface area contributed by atoms with Gasteiger partial charge in [-0.2, -0.15) is 0 Å². The van der Waals surface area contributed by atoms with E-state index in [2.05, 4.69) is 12.2 Å². The van der Waals surface area contributed by atoms with Crippen molar-refractivity contribution >= 4 is 12.1 Å². The normalized spacial score (nSPS) is 11.2. The monoisotopic (exact) mass is 343 g/mol. The lowest BCUT2D eigenvalue weighted by Crippen LogP contribution is -2.36. The number of ether oxygens (including phenoxy) is 2. The van der Waals surface area contributed by atoms with Gasteiger partial charge in [-0.25, -0.2) is 4.79 Å². The summed E-state index contributed by atoms with van der Waals surface area (Å²) in [4.78, 5) is 22.9. The van der Waals surface area contributed by atoms with Crippen LogP contribution in [-0.4, -0.2) is 30.8 Å². The minimum Gasteiger partial charge on any atom is -0.464 e. The molecule has 1 amide bonds. The first kappa shape index (κ1) is 22.7. The molecule has 0 saturated heterocycles. The van der Waals surface area contributed by atoms with Crippen LogP contribution in [0, 0.1) is 0 Å². The van der Waals surface area contributed by atoms with Crippen LogP contribution in [0.3, 0.4) is 0 Å². The van der Waals surface area contributed by atoms with Crippen molar-refractivity contribution in [3.8, 4) is 0 Å². The molecular formula is C19H37NO4. The van der Waals surface area contributed by atoms with Gasteiger partial charge in [-0.1, -0.05) is 64.7 Å². The fourth-order valence-electron chi connectivity index (χ4n) is 2.29. The standard InChI is InChI=1S/C19H37NO4/c1-5-6-7-8-9-10-11-12-13-14-15-23-17(21)16-20-18(22)24-19(2,3)4/h5-16H2,1-4H3,(H,20,22). The van der Waals surface area contributed by atoms with E-state index >= 15 is 0 Å². The fourth-order valence-corrected chi connectivity index (χ4v) is 2.29. The minimum absolute atomic E-state index is 0.146. The Morgan fingerprint density at radius 1 is 0.833 bits per heavy atom. The molecule has 0 radical (unpaired) electrons. The summed E-state index contributed by atoms with van der Waals surface area (Å²) < 4.78 is 10.1. The second-order valence-electron chi connectivity index (χ2n) is 7.26. The third-order valence-corrected chi connectivity index (χ3v) is 3.54. The highest BCUT2D eigenvalue weighted by atomic mass is 16.6. The summed E-state index contributed by atoms with van der Waals surface area (Å²) in [5, 5.41) is 2.39. The number of unbranched alkanes of at least 4 members (excludes halogenated alkanes) is 9. The first-order valence-corrected chi connectivity index (χ1v) is 9.47. The zero-order valence-electron chi connectivity index (χ0n) is 16.1. The van der Waals surface area contributed by atoms with Crippen LogP contribution in [0.5, 0.6) is 0 Å². The van der Waals surface area contributed by atoms with Gasteiger partial charge in [0.05, 0.1) is 6.61 Å². The third-order valence-electron chi connectivity index (χ3n) is 3.54. The zero-order valence-corrected chi connectivity index (χ0v) is 16.1. The first-order chi connectivity index (χ1) is 11.3. The summed E-state index contributed by atoms with van der Waals surface area (Å²) in [6.07, 6.45) is 11.9. The second-order valence-corrected chi connectivity index (χ2v) is 7.26. The van der Waals surface area contributed by atoms with Crippen molar-refractivity contribution in [3.05, 3.63) is 0 Å². The van der Waals surface area contributed by atoms with Crippen LogP contribution in [0.4, 0.5) is 4.79 Å². The predicted molar refractivity (Wildman–Crippen MR) is 97.0 cm³/mol. The minimum atomic E-state index is -0.599. The van der Waals surface area contributed by atoms with E-state index in [-0.39, 0.29) is 6.54 Å². The molecule has 5 heteroatoms. The topological polar surface area (TPSA) is 64.6 Å². The molecule has 0 aliphatic heterocycles. The van der Waals surface area contributed by atoms with Crippen molar-refractivity contribution in [1.82, 2.24) is 5.32 Å². The summed E-state index contributed by atoms with van der Waals surface area (Å²) in [6.45, 7) is 7.83. The highest BCUT2D eigenvalue weighted by Crippen LogP contribution is 2.10. The Balaban J connectivity index is 3.36. The molecule has 24 heavy (non-hydrogen) atoms. The summed E-state index contributed by atoms with van der Waals surface area (Å²) in [5.41, 5.74) is -0.565. The molecule has 0 aliphatic carbocycles. The van der Waals surface area contributed by atoms with Gasteiger partial charge in [-0.15, -0.1) is 0 Å². The van der Waals surface area contributed by atoms with Gasteiger partial charge in [-0.3, -0.25) is 4.79 Å². The number of nitrogens with one attached hydrogen (secondary N) is 1. The molecule has 0 saturated carbocycles. The molecule has 0 aromatic carbocycles. The van der Waals surface area contributed by atoms with E-state index < -0.39 is 17.7 Å². The number of hydrogen-bond donors (Lipinski definition) is 1. The molecule has 142 valence electrons. The van der Waals surface area contributed by atoms with Crippen LogP contribution >= 0.6 is 0 Å². The maximum absolute atomic E-state index is 11.5. The quantitative estimate of drug-likeness (QED) is 0.378. The van der Waals surface area contributed by atoms with Crippen LogP contribution < -0.4 is 5.32 Å². The van der Waals surface area contributed by atoms with Crippen LogP contribution in [-0.2, 0) is 14.3 Å². The molecule has 0 aliphatic rings. The molecular weight excluding hydrogens is 306 g/mol. The Bertz CT molecular complexity index is 337. The number of amides is 1. The van der Waals surface area contributed by atoms with E-state index in [1.807, 2.05) is 0 Å². The Morgan fingerprint density at radius 2 is 1.33 bits per heavy atom. The Kier molecular flexibility index (Phi) is 13.4. The summed E-state index contributed by atoms with van der Waals surface area (Å²) in [5.74, 6) is -0.420. The maximum Gasteiger partial charge on any atom is 0.408 e.